The normalized spacial score (nSPS) is 14.6. The van der Waals surface area contributed by atoms with Gasteiger partial charge in [0.2, 0.25) is 0 Å². The molecule has 0 amide bonds. The second kappa shape index (κ2) is 21.9. The molecule has 0 fully saturated rings. The van der Waals surface area contributed by atoms with E-state index < -0.39 is 7.82 Å². The highest BCUT2D eigenvalue weighted by molar-refractivity contribution is 7.45. The number of ether oxygens (including phenoxy) is 1. The van der Waals surface area contributed by atoms with Crippen molar-refractivity contribution in [2.45, 2.75) is 116 Å². The first-order valence-electron chi connectivity index (χ1n) is 15.1. The van der Waals surface area contributed by atoms with Crippen LogP contribution in [0, 0.1) is 0 Å². The van der Waals surface area contributed by atoms with Crippen LogP contribution in [0.2, 0.25) is 0 Å². The van der Waals surface area contributed by atoms with Gasteiger partial charge in [0, 0.05) is 6.61 Å². The Bertz CT molecular complexity index is 700. The van der Waals surface area contributed by atoms with E-state index in [-0.39, 0.29) is 19.3 Å². The van der Waals surface area contributed by atoms with Crippen LogP contribution in [0.25, 0.3) is 0 Å². The SMILES string of the molecule is CCCCCCCCCCCCCCCCCCOCC(COP(=O)([O-])OCC[N+](C)(C)C)n1cncn1. The van der Waals surface area contributed by atoms with Crippen LogP contribution in [0.5, 0.6) is 0 Å². The lowest BCUT2D eigenvalue weighted by atomic mass is 10.0. The molecule has 1 rings (SSSR count). The predicted molar refractivity (Wildman–Crippen MR) is 152 cm³/mol. The summed E-state index contributed by atoms with van der Waals surface area (Å²) in [5.41, 5.74) is 0. The molecular formula is C28H57N4O5P. The summed E-state index contributed by atoms with van der Waals surface area (Å²) >= 11 is 0. The predicted octanol–water partition coefficient (Wildman–Crippen LogP) is 6.31. The highest BCUT2D eigenvalue weighted by atomic mass is 31.2. The van der Waals surface area contributed by atoms with Gasteiger partial charge in [0.25, 0.3) is 7.82 Å². The number of nitrogens with zero attached hydrogens (tertiary/aromatic N) is 4. The third-order valence-corrected chi connectivity index (χ3v) is 7.66. The highest BCUT2D eigenvalue weighted by Crippen LogP contribution is 2.39. The molecule has 0 aromatic carbocycles. The third kappa shape index (κ3) is 21.0. The van der Waals surface area contributed by atoms with E-state index in [1.165, 1.54) is 96.2 Å². The van der Waals surface area contributed by atoms with Gasteiger partial charge >= 0.3 is 0 Å². The topological polar surface area (TPSA) is 98.5 Å². The van der Waals surface area contributed by atoms with Crippen molar-refractivity contribution < 1.29 is 27.7 Å². The Balaban J connectivity index is 2.04. The number of phosphoric acid groups is 1. The minimum atomic E-state index is -4.39. The van der Waals surface area contributed by atoms with E-state index in [2.05, 4.69) is 17.0 Å². The van der Waals surface area contributed by atoms with Gasteiger partial charge in [-0.1, -0.05) is 103 Å². The van der Waals surface area contributed by atoms with Crippen LogP contribution >= 0.6 is 7.82 Å². The summed E-state index contributed by atoms with van der Waals surface area (Å²) < 4.78 is 30.2. The summed E-state index contributed by atoms with van der Waals surface area (Å²) in [7, 11) is 1.52. The van der Waals surface area contributed by atoms with E-state index in [1.54, 1.807) is 11.0 Å². The molecule has 2 unspecified atom stereocenters. The van der Waals surface area contributed by atoms with Crippen molar-refractivity contribution in [2.24, 2.45) is 0 Å². The van der Waals surface area contributed by atoms with Gasteiger partial charge in [-0.15, -0.1) is 0 Å². The zero-order valence-electron chi connectivity index (χ0n) is 24.9. The van der Waals surface area contributed by atoms with Gasteiger partial charge in [-0.25, -0.2) is 9.67 Å². The van der Waals surface area contributed by atoms with E-state index in [1.807, 2.05) is 21.1 Å². The molecule has 0 aliphatic carbocycles. The summed E-state index contributed by atoms with van der Waals surface area (Å²) in [4.78, 5) is 16.1. The van der Waals surface area contributed by atoms with Crippen LogP contribution < -0.4 is 4.89 Å². The third-order valence-electron chi connectivity index (χ3n) is 6.70. The fourth-order valence-electron chi connectivity index (χ4n) is 4.22. The number of quaternary nitrogens is 1. The monoisotopic (exact) mass is 560 g/mol. The largest absolute Gasteiger partial charge is 0.756 e. The number of phosphoric ester groups is 1. The van der Waals surface area contributed by atoms with Gasteiger partial charge in [0.1, 0.15) is 31.8 Å². The van der Waals surface area contributed by atoms with Gasteiger partial charge in [-0.2, -0.15) is 5.10 Å². The molecule has 0 aliphatic heterocycles. The molecule has 1 aromatic rings. The molecule has 2 atom stereocenters. The van der Waals surface area contributed by atoms with Crippen molar-refractivity contribution >= 4 is 7.82 Å². The van der Waals surface area contributed by atoms with Crippen molar-refractivity contribution in [1.29, 1.82) is 0 Å². The van der Waals surface area contributed by atoms with E-state index in [9.17, 15) is 9.46 Å². The molecule has 0 saturated heterocycles. The molecule has 0 N–H and O–H groups in total. The Hall–Kier alpha value is -0.830. The van der Waals surface area contributed by atoms with E-state index >= 15 is 0 Å². The minimum Gasteiger partial charge on any atom is -0.756 e. The number of likely N-dealkylation sites (N-methyl/N-ethyl adjacent to an activating group) is 1. The average molecular weight is 561 g/mol. The van der Waals surface area contributed by atoms with E-state index in [4.69, 9.17) is 13.8 Å². The fourth-order valence-corrected chi connectivity index (χ4v) is 4.95. The van der Waals surface area contributed by atoms with Crippen LogP contribution in [-0.4, -0.2) is 73.4 Å². The zero-order chi connectivity index (χ0) is 28.0. The summed E-state index contributed by atoms with van der Waals surface area (Å²) in [6.07, 6.45) is 24.3. The van der Waals surface area contributed by atoms with Gasteiger partial charge in [-0.05, 0) is 6.42 Å². The molecule has 9 nitrogen and oxygen atoms in total. The summed E-state index contributed by atoms with van der Waals surface area (Å²) in [6, 6.07) is -0.386. The summed E-state index contributed by atoms with van der Waals surface area (Å²) in [5.74, 6) is 0. The average Bonchev–Trinajstić information content (AvgIpc) is 3.39. The maximum absolute atomic E-state index is 12.1. The second-order valence-corrected chi connectivity index (χ2v) is 12.9. The molecule has 0 saturated carbocycles. The minimum absolute atomic E-state index is 0.0774. The van der Waals surface area contributed by atoms with Crippen LogP contribution in [-0.2, 0) is 18.3 Å². The standard InChI is InChI=1S/C28H57N4O5P/c1-5-6-7-8-9-10-11-12-13-14-15-16-17-18-19-20-22-35-24-28(31-27-29-26-30-31)25-37-38(33,34)36-23-21-32(2,3)4/h26-28H,5-25H2,1-4H3. The molecule has 0 aliphatic rings. The first-order chi connectivity index (χ1) is 18.2. The maximum atomic E-state index is 12.1. The number of hydrogen-bond donors (Lipinski definition) is 0. The molecule has 0 bridgehead atoms. The first-order valence-corrected chi connectivity index (χ1v) is 16.5. The number of aromatic nitrogens is 3. The molecule has 224 valence electrons. The van der Waals surface area contributed by atoms with E-state index in [0.717, 1.165) is 12.8 Å². The molecular weight excluding hydrogens is 503 g/mol. The Labute approximate surface area is 232 Å². The lowest BCUT2D eigenvalue weighted by Gasteiger charge is -2.28. The van der Waals surface area contributed by atoms with Crippen molar-refractivity contribution in [3.8, 4) is 0 Å². The summed E-state index contributed by atoms with van der Waals surface area (Å²) in [5, 5.41) is 4.12. The van der Waals surface area contributed by atoms with Crippen molar-refractivity contribution in [1.82, 2.24) is 14.8 Å². The molecule has 0 spiro atoms. The molecule has 1 aromatic heterocycles. The quantitative estimate of drug-likeness (QED) is 0.0707. The zero-order valence-corrected chi connectivity index (χ0v) is 25.8. The number of rotatable bonds is 27. The summed E-state index contributed by atoms with van der Waals surface area (Å²) in [6.45, 7) is 3.75. The Morgan fingerprint density at radius 3 is 1.79 bits per heavy atom. The molecule has 0 radical (unpaired) electrons. The van der Waals surface area contributed by atoms with Gasteiger partial charge in [0.05, 0.1) is 34.4 Å². The van der Waals surface area contributed by atoms with Crippen molar-refractivity contribution in [2.75, 3.05) is 54.1 Å². The molecule has 38 heavy (non-hydrogen) atoms. The van der Waals surface area contributed by atoms with Crippen LogP contribution in [0.3, 0.4) is 0 Å². The Morgan fingerprint density at radius 1 is 0.789 bits per heavy atom. The van der Waals surface area contributed by atoms with Crippen molar-refractivity contribution in [3.05, 3.63) is 12.7 Å². The van der Waals surface area contributed by atoms with Crippen molar-refractivity contribution in [3.63, 3.8) is 0 Å². The van der Waals surface area contributed by atoms with Crippen LogP contribution in [0.1, 0.15) is 116 Å². The Morgan fingerprint density at radius 2 is 1.32 bits per heavy atom. The van der Waals surface area contributed by atoms with Gasteiger partial charge in [0.15, 0.2) is 0 Å². The Kier molecular flexibility index (Phi) is 20.3. The first kappa shape index (κ1) is 35.2. The maximum Gasteiger partial charge on any atom is 0.268 e. The number of unbranched alkanes of at least 4 members (excludes halogenated alkanes) is 15. The van der Waals surface area contributed by atoms with Crippen LogP contribution in [0.15, 0.2) is 12.7 Å². The highest BCUT2D eigenvalue weighted by Gasteiger charge is 2.19. The lowest BCUT2D eigenvalue weighted by molar-refractivity contribution is -0.870. The molecule has 1 heterocycles. The number of hydrogen-bond acceptors (Lipinski definition) is 7. The van der Waals surface area contributed by atoms with Gasteiger partial charge < -0.3 is 23.2 Å². The second-order valence-electron chi connectivity index (χ2n) is 11.5. The van der Waals surface area contributed by atoms with E-state index in [0.29, 0.717) is 24.2 Å². The fraction of sp³-hybridized carbons (Fsp3) is 0.929. The molecule has 10 heteroatoms. The van der Waals surface area contributed by atoms with Crippen LogP contribution in [0.4, 0.5) is 0 Å². The van der Waals surface area contributed by atoms with Gasteiger partial charge in [-0.3, -0.25) is 4.57 Å². The smallest absolute Gasteiger partial charge is 0.268 e. The lowest BCUT2D eigenvalue weighted by Crippen LogP contribution is -2.37.